The first kappa shape index (κ1) is 16.6. The van der Waals surface area contributed by atoms with Crippen LogP contribution >= 0.6 is 23.2 Å². The Bertz CT molecular complexity index is 372. The molecule has 1 atom stereocenters. The number of halogens is 2. The van der Waals surface area contributed by atoms with Crippen molar-refractivity contribution in [3.05, 3.63) is 27.7 Å². The quantitative estimate of drug-likeness (QED) is 0.770. The predicted molar refractivity (Wildman–Crippen MR) is 80.3 cm³/mol. The number of hydrogen-bond donors (Lipinski definition) is 2. The summed E-state index contributed by atoms with van der Waals surface area (Å²) in [6.07, 6.45) is 1.78. The van der Waals surface area contributed by atoms with Crippen LogP contribution in [0, 0.1) is 0 Å². The Hall–Kier alpha value is -0.480. The molecule has 0 aromatic heterocycles. The van der Waals surface area contributed by atoms with E-state index in [1.807, 2.05) is 26.0 Å². The smallest absolute Gasteiger partial charge is 0.156 e. The van der Waals surface area contributed by atoms with Gasteiger partial charge in [-0.2, -0.15) is 0 Å². The van der Waals surface area contributed by atoms with E-state index < -0.39 is 0 Å². The van der Waals surface area contributed by atoms with Crippen molar-refractivity contribution in [3.63, 3.8) is 0 Å². The lowest BCUT2D eigenvalue weighted by Gasteiger charge is -2.15. The fraction of sp³-hybridized carbons (Fsp3) is 0.571. The first-order chi connectivity index (χ1) is 9.12. The summed E-state index contributed by atoms with van der Waals surface area (Å²) >= 11 is 12.3. The lowest BCUT2D eigenvalue weighted by Crippen LogP contribution is -2.31. The summed E-state index contributed by atoms with van der Waals surface area (Å²) in [6.45, 7) is 5.39. The minimum atomic E-state index is 0.0913. The molecule has 0 heterocycles. The van der Waals surface area contributed by atoms with Crippen LogP contribution in [0.25, 0.3) is 0 Å². The number of aliphatic hydroxyl groups is 1. The van der Waals surface area contributed by atoms with Crippen molar-refractivity contribution in [2.75, 3.05) is 13.2 Å². The molecular weight excluding hydrogens is 285 g/mol. The molecule has 0 spiro atoms. The molecule has 1 aromatic carbocycles. The van der Waals surface area contributed by atoms with Crippen LogP contribution in [-0.4, -0.2) is 24.4 Å². The van der Waals surface area contributed by atoms with Gasteiger partial charge in [0.1, 0.15) is 0 Å². The van der Waals surface area contributed by atoms with Crippen molar-refractivity contribution >= 4 is 23.2 Å². The van der Waals surface area contributed by atoms with Crippen LogP contribution in [0.4, 0.5) is 0 Å². The Morgan fingerprint density at radius 3 is 2.37 bits per heavy atom. The molecule has 0 saturated carbocycles. The van der Waals surface area contributed by atoms with E-state index >= 15 is 0 Å². The molecule has 108 valence electrons. The highest BCUT2D eigenvalue weighted by Crippen LogP contribution is 2.34. The van der Waals surface area contributed by atoms with Crippen molar-refractivity contribution in [1.29, 1.82) is 0 Å². The predicted octanol–water partition coefficient (Wildman–Crippen LogP) is 3.64. The first-order valence-corrected chi connectivity index (χ1v) is 7.32. The van der Waals surface area contributed by atoms with E-state index in [0.29, 0.717) is 28.9 Å². The zero-order valence-electron chi connectivity index (χ0n) is 11.4. The van der Waals surface area contributed by atoms with Gasteiger partial charge in [0.05, 0.1) is 23.3 Å². The molecule has 0 aliphatic heterocycles. The second kappa shape index (κ2) is 8.64. The van der Waals surface area contributed by atoms with Gasteiger partial charge < -0.3 is 15.2 Å². The van der Waals surface area contributed by atoms with E-state index in [9.17, 15) is 0 Å². The molecular formula is C14H21Cl2NO2. The third-order valence-corrected chi connectivity index (χ3v) is 3.38. The summed E-state index contributed by atoms with van der Waals surface area (Å²) in [4.78, 5) is 0. The Morgan fingerprint density at radius 2 is 1.89 bits per heavy atom. The van der Waals surface area contributed by atoms with Gasteiger partial charge in [-0.3, -0.25) is 0 Å². The zero-order chi connectivity index (χ0) is 14.3. The Balaban J connectivity index is 2.71. The van der Waals surface area contributed by atoms with E-state index in [2.05, 4.69) is 5.32 Å². The molecule has 0 bridgehead atoms. The Morgan fingerprint density at radius 1 is 1.26 bits per heavy atom. The fourth-order valence-electron chi connectivity index (χ4n) is 1.66. The monoisotopic (exact) mass is 305 g/mol. The number of benzene rings is 1. The van der Waals surface area contributed by atoms with Gasteiger partial charge in [0.2, 0.25) is 0 Å². The lowest BCUT2D eigenvalue weighted by atomic mass is 10.2. The van der Waals surface area contributed by atoms with E-state index in [0.717, 1.165) is 18.4 Å². The first-order valence-electron chi connectivity index (χ1n) is 6.57. The molecule has 0 saturated heterocycles. The van der Waals surface area contributed by atoms with E-state index in [1.54, 1.807) is 0 Å². The normalized spacial score (nSPS) is 12.5. The van der Waals surface area contributed by atoms with E-state index in [1.165, 1.54) is 0 Å². The summed E-state index contributed by atoms with van der Waals surface area (Å²) in [5.74, 6) is 0.545. The van der Waals surface area contributed by atoms with Crippen LogP contribution in [0.1, 0.15) is 32.3 Å². The van der Waals surface area contributed by atoms with Gasteiger partial charge in [-0.25, -0.2) is 0 Å². The molecule has 19 heavy (non-hydrogen) atoms. The van der Waals surface area contributed by atoms with Gasteiger partial charge in [0.25, 0.3) is 0 Å². The Kier molecular flexibility index (Phi) is 7.54. The molecule has 3 nitrogen and oxygen atoms in total. The SMILES string of the molecule is CCCOc1c(Cl)cc(CN[C@@H](CC)CO)cc1Cl. The molecule has 0 fully saturated rings. The number of hydrogen-bond acceptors (Lipinski definition) is 3. The second-order valence-electron chi connectivity index (χ2n) is 4.41. The Labute approximate surface area is 124 Å². The number of ether oxygens (including phenoxy) is 1. The molecule has 5 heteroatoms. The van der Waals surface area contributed by atoms with E-state index in [4.69, 9.17) is 33.0 Å². The molecule has 0 unspecified atom stereocenters. The number of aliphatic hydroxyl groups excluding tert-OH is 1. The topological polar surface area (TPSA) is 41.5 Å². The summed E-state index contributed by atoms with van der Waals surface area (Å²) in [7, 11) is 0. The van der Waals surface area contributed by atoms with Crippen molar-refractivity contribution in [1.82, 2.24) is 5.32 Å². The van der Waals surface area contributed by atoms with E-state index in [-0.39, 0.29) is 12.6 Å². The highest BCUT2D eigenvalue weighted by molar-refractivity contribution is 6.37. The van der Waals surface area contributed by atoms with Crippen molar-refractivity contribution in [3.8, 4) is 5.75 Å². The molecule has 0 aliphatic rings. The maximum absolute atomic E-state index is 9.12. The minimum absolute atomic E-state index is 0.0913. The zero-order valence-corrected chi connectivity index (χ0v) is 12.9. The van der Waals surface area contributed by atoms with Gasteiger partial charge in [-0.05, 0) is 30.5 Å². The molecule has 0 aliphatic carbocycles. The maximum Gasteiger partial charge on any atom is 0.156 e. The average molecular weight is 306 g/mol. The molecule has 0 amide bonds. The van der Waals surface area contributed by atoms with Crippen LogP contribution in [0.15, 0.2) is 12.1 Å². The van der Waals surface area contributed by atoms with Crippen LogP contribution in [0.3, 0.4) is 0 Å². The number of nitrogens with one attached hydrogen (secondary N) is 1. The van der Waals surface area contributed by atoms with Gasteiger partial charge in [-0.15, -0.1) is 0 Å². The third kappa shape index (κ3) is 5.19. The summed E-state index contributed by atoms with van der Waals surface area (Å²) < 4.78 is 5.52. The van der Waals surface area contributed by atoms with Crippen LogP contribution < -0.4 is 10.1 Å². The average Bonchev–Trinajstić information content (AvgIpc) is 2.39. The van der Waals surface area contributed by atoms with Gasteiger partial charge in [-0.1, -0.05) is 37.0 Å². The van der Waals surface area contributed by atoms with Crippen molar-refractivity contribution in [2.24, 2.45) is 0 Å². The van der Waals surface area contributed by atoms with Crippen molar-refractivity contribution < 1.29 is 9.84 Å². The maximum atomic E-state index is 9.12. The fourth-order valence-corrected chi connectivity index (χ4v) is 2.30. The molecule has 1 rings (SSSR count). The van der Waals surface area contributed by atoms with Gasteiger partial charge in [0.15, 0.2) is 5.75 Å². The van der Waals surface area contributed by atoms with Crippen LogP contribution in [-0.2, 0) is 6.54 Å². The highest BCUT2D eigenvalue weighted by atomic mass is 35.5. The summed E-state index contributed by atoms with van der Waals surface area (Å²) in [5.41, 5.74) is 0.978. The van der Waals surface area contributed by atoms with Crippen LogP contribution in [0.5, 0.6) is 5.75 Å². The van der Waals surface area contributed by atoms with Gasteiger partial charge >= 0.3 is 0 Å². The molecule has 1 aromatic rings. The lowest BCUT2D eigenvalue weighted by molar-refractivity contribution is 0.238. The van der Waals surface area contributed by atoms with Crippen LogP contribution in [0.2, 0.25) is 10.0 Å². The van der Waals surface area contributed by atoms with Crippen molar-refractivity contribution in [2.45, 2.75) is 39.3 Å². The molecule has 2 N–H and O–H groups in total. The summed E-state index contributed by atoms with van der Waals surface area (Å²) in [5, 5.41) is 13.4. The molecule has 0 radical (unpaired) electrons. The largest absolute Gasteiger partial charge is 0.490 e. The second-order valence-corrected chi connectivity index (χ2v) is 5.22. The minimum Gasteiger partial charge on any atom is -0.490 e. The third-order valence-electron chi connectivity index (χ3n) is 2.82. The standard InChI is InChI=1S/C14H21Cl2NO2/c1-3-5-19-14-12(15)6-10(7-13(14)16)8-17-11(4-2)9-18/h6-7,11,17-18H,3-5,8-9H2,1-2H3/t11-/m0/s1. The number of rotatable bonds is 8. The highest BCUT2D eigenvalue weighted by Gasteiger charge is 2.10. The summed E-state index contributed by atoms with van der Waals surface area (Å²) in [6, 6.07) is 3.78. The van der Waals surface area contributed by atoms with Gasteiger partial charge in [0, 0.05) is 12.6 Å².